The third-order valence-corrected chi connectivity index (χ3v) is 4.15. The molecule has 0 aliphatic heterocycles. The van der Waals surface area contributed by atoms with Crippen LogP contribution in [0.3, 0.4) is 0 Å². The molecule has 27 heavy (non-hydrogen) atoms. The van der Waals surface area contributed by atoms with E-state index < -0.39 is 12.0 Å². The van der Waals surface area contributed by atoms with E-state index in [4.69, 9.17) is 9.47 Å². The highest BCUT2D eigenvalue weighted by atomic mass is 16.5. The first kappa shape index (κ1) is 18.5. The van der Waals surface area contributed by atoms with Crippen LogP contribution in [0.5, 0.6) is 11.5 Å². The van der Waals surface area contributed by atoms with Crippen molar-refractivity contribution in [2.24, 2.45) is 0 Å². The van der Waals surface area contributed by atoms with Gasteiger partial charge < -0.3 is 19.9 Å². The molecule has 0 bridgehead atoms. The molecule has 0 saturated heterocycles. The first-order valence-electron chi connectivity index (χ1n) is 8.35. The Morgan fingerprint density at radius 1 is 1.07 bits per heavy atom. The van der Waals surface area contributed by atoms with Gasteiger partial charge in [0, 0.05) is 12.1 Å². The molecule has 140 valence electrons. The minimum atomic E-state index is -1.28. The van der Waals surface area contributed by atoms with Gasteiger partial charge in [0.2, 0.25) is 0 Å². The predicted octanol–water partition coefficient (Wildman–Crippen LogP) is 2.87. The van der Waals surface area contributed by atoms with E-state index in [0.717, 1.165) is 5.56 Å². The van der Waals surface area contributed by atoms with Crippen LogP contribution in [0.4, 0.5) is 5.82 Å². The van der Waals surface area contributed by atoms with Crippen molar-refractivity contribution in [2.75, 3.05) is 19.5 Å². The van der Waals surface area contributed by atoms with Crippen LogP contribution >= 0.6 is 0 Å². The molecular weight excluding hydrogens is 346 g/mol. The number of hydrogen-bond acceptors (Lipinski definition) is 5. The fraction of sp³-hybridized carbons (Fsp3) is 0.200. The number of hydrogen-bond donors (Lipinski definition) is 2. The normalized spacial score (nSPS) is 11.7. The average Bonchev–Trinajstić information content (AvgIpc) is 3.15. The summed E-state index contributed by atoms with van der Waals surface area (Å²) in [5.41, 5.74) is 2.26. The van der Waals surface area contributed by atoms with Gasteiger partial charge in [-0.2, -0.15) is 5.10 Å². The molecule has 0 aliphatic carbocycles. The molecule has 1 unspecified atom stereocenters. The number of nitrogens with one attached hydrogen (secondary N) is 1. The number of aliphatic hydroxyl groups is 1. The number of nitrogens with zero attached hydrogens (tertiary/aromatic N) is 2. The number of ether oxygens (including phenoxy) is 2. The van der Waals surface area contributed by atoms with E-state index in [1.165, 1.54) is 0 Å². The molecule has 3 aromatic rings. The van der Waals surface area contributed by atoms with E-state index in [0.29, 0.717) is 28.6 Å². The second-order valence-corrected chi connectivity index (χ2v) is 5.97. The van der Waals surface area contributed by atoms with Crippen LogP contribution in [0.15, 0.2) is 54.7 Å². The van der Waals surface area contributed by atoms with Gasteiger partial charge in [-0.1, -0.05) is 29.8 Å². The molecule has 2 aromatic carbocycles. The van der Waals surface area contributed by atoms with Crippen LogP contribution in [0.2, 0.25) is 0 Å². The number of carbonyl (C=O) groups is 1. The van der Waals surface area contributed by atoms with Crippen molar-refractivity contribution < 1.29 is 19.4 Å². The number of benzene rings is 2. The maximum Gasteiger partial charge on any atom is 0.258 e. The van der Waals surface area contributed by atoms with Crippen LogP contribution in [-0.4, -0.2) is 35.0 Å². The van der Waals surface area contributed by atoms with Gasteiger partial charge in [0.15, 0.2) is 17.6 Å². The van der Waals surface area contributed by atoms with Crippen molar-refractivity contribution in [3.8, 4) is 17.2 Å². The first-order chi connectivity index (χ1) is 13.0. The van der Waals surface area contributed by atoms with Crippen molar-refractivity contribution in [2.45, 2.75) is 13.0 Å². The number of aryl methyl sites for hydroxylation is 1. The molecule has 3 rings (SSSR count). The Hall–Kier alpha value is -3.32. The van der Waals surface area contributed by atoms with Gasteiger partial charge in [0.25, 0.3) is 5.91 Å². The van der Waals surface area contributed by atoms with Crippen LogP contribution in [-0.2, 0) is 4.79 Å². The summed E-state index contributed by atoms with van der Waals surface area (Å²) in [7, 11) is 3.11. The fourth-order valence-corrected chi connectivity index (χ4v) is 2.66. The summed E-state index contributed by atoms with van der Waals surface area (Å²) in [6.45, 7) is 1.94. The Bertz CT molecular complexity index is 935. The topological polar surface area (TPSA) is 85.6 Å². The highest BCUT2D eigenvalue weighted by molar-refractivity contribution is 5.94. The zero-order valence-electron chi connectivity index (χ0n) is 15.3. The largest absolute Gasteiger partial charge is 0.493 e. The number of carbonyl (C=O) groups excluding carboxylic acids is 1. The van der Waals surface area contributed by atoms with Gasteiger partial charge in [-0.3, -0.25) is 4.79 Å². The monoisotopic (exact) mass is 367 g/mol. The molecule has 1 heterocycles. The first-order valence-corrected chi connectivity index (χ1v) is 8.35. The summed E-state index contributed by atoms with van der Waals surface area (Å²) in [5.74, 6) is 1.02. The van der Waals surface area contributed by atoms with Gasteiger partial charge in [0.1, 0.15) is 5.82 Å². The lowest BCUT2D eigenvalue weighted by molar-refractivity contribution is -0.124. The van der Waals surface area contributed by atoms with E-state index in [1.807, 2.05) is 19.1 Å². The quantitative estimate of drug-likeness (QED) is 0.700. The summed E-state index contributed by atoms with van der Waals surface area (Å²) in [6, 6.07) is 14.1. The lowest BCUT2D eigenvalue weighted by Crippen LogP contribution is -2.22. The molecule has 1 aromatic heterocycles. The number of rotatable bonds is 6. The van der Waals surface area contributed by atoms with Gasteiger partial charge in [-0.25, -0.2) is 4.68 Å². The van der Waals surface area contributed by atoms with Crippen molar-refractivity contribution in [1.82, 2.24) is 9.78 Å². The van der Waals surface area contributed by atoms with Crippen molar-refractivity contribution in [1.29, 1.82) is 0 Å². The Balaban J connectivity index is 1.83. The summed E-state index contributed by atoms with van der Waals surface area (Å²) >= 11 is 0. The van der Waals surface area contributed by atoms with Gasteiger partial charge in [-0.05, 0) is 24.6 Å². The second-order valence-electron chi connectivity index (χ2n) is 5.97. The Morgan fingerprint density at radius 3 is 2.44 bits per heavy atom. The zero-order chi connectivity index (χ0) is 19.4. The molecule has 1 amide bonds. The van der Waals surface area contributed by atoms with Crippen LogP contribution in [0, 0.1) is 6.92 Å². The summed E-state index contributed by atoms with van der Waals surface area (Å²) in [6.07, 6.45) is 0.282. The smallest absolute Gasteiger partial charge is 0.258 e. The van der Waals surface area contributed by atoms with Gasteiger partial charge in [0.05, 0.1) is 26.1 Å². The van der Waals surface area contributed by atoms with Crippen LogP contribution in [0.25, 0.3) is 5.69 Å². The number of aliphatic hydroxyl groups excluding tert-OH is 1. The molecule has 2 N–H and O–H groups in total. The van der Waals surface area contributed by atoms with Gasteiger partial charge in [-0.15, -0.1) is 0 Å². The number of amides is 1. The molecule has 1 atom stereocenters. The maximum absolute atomic E-state index is 12.5. The lowest BCUT2D eigenvalue weighted by atomic mass is 10.1. The SMILES string of the molecule is COc1ccc(-n2nccc2NC(=O)C(O)c2ccc(C)cc2)cc1OC. The lowest BCUT2D eigenvalue weighted by Gasteiger charge is -2.14. The standard InChI is InChI=1S/C20H21N3O4/c1-13-4-6-14(7-5-13)19(24)20(25)22-18-10-11-21-23(18)15-8-9-16(26-2)17(12-15)27-3/h4-12,19,24H,1-3H3,(H,22,25). The third-order valence-electron chi connectivity index (χ3n) is 4.15. The number of anilines is 1. The molecular formula is C20H21N3O4. The summed E-state index contributed by atoms with van der Waals surface area (Å²) < 4.78 is 12.1. The van der Waals surface area contributed by atoms with Crippen molar-refractivity contribution >= 4 is 11.7 Å². The molecule has 0 aliphatic rings. The Labute approximate surface area is 157 Å². The van der Waals surface area contributed by atoms with E-state index in [-0.39, 0.29) is 0 Å². The molecule has 0 spiro atoms. The highest BCUT2D eigenvalue weighted by Gasteiger charge is 2.19. The Morgan fingerprint density at radius 2 is 1.78 bits per heavy atom. The number of aromatic nitrogens is 2. The van der Waals surface area contributed by atoms with Crippen molar-refractivity contribution in [3.63, 3.8) is 0 Å². The fourth-order valence-electron chi connectivity index (χ4n) is 2.66. The third kappa shape index (κ3) is 3.93. The molecule has 7 nitrogen and oxygen atoms in total. The average molecular weight is 367 g/mol. The van der Waals surface area contributed by atoms with E-state index in [1.54, 1.807) is 61.5 Å². The van der Waals surface area contributed by atoms with E-state index in [2.05, 4.69) is 10.4 Å². The minimum absolute atomic E-state index is 0.429. The molecule has 7 heteroatoms. The molecule has 0 radical (unpaired) electrons. The predicted molar refractivity (Wildman–Crippen MR) is 101 cm³/mol. The van der Waals surface area contributed by atoms with Crippen molar-refractivity contribution in [3.05, 3.63) is 65.9 Å². The van der Waals surface area contributed by atoms with E-state index in [9.17, 15) is 9.90 Å². The van der Waals surface area contributed by atoms with Gasteiger partial charge >= 0.3 is 0 Å². The van der Waals surface area contributed by atoms with E-state index >= 15 is 0 Å². The maximum atomic E-state index is 12.5. The second kappa shape index (κ2) is 7.92. The molecule has 0 saturated carbocycles. The number of methoxy groups -OCH3 is 2. The van der Waals surface area contributed by atoms with Crippen LogP contribution < -0.4 is 14.8 Å². The highest BCUT2D eigenvalue weighted by Crippen LogP contribution is 2.30. The van der Waals surface area contributed by atoms with Crippen LogP contribution in [0.1, 0.15) is 17.2 Å². The zero-order valence-corrected chi connectivity index (χ0v) is 15.3. The Kier molecular flexibility index (Phi) is 5.42. The molecule has 0 fully saturated rings. The minimum Gasteiger partial charge on any atom is -0.493 e. The summed E-state index contributed by atoms with van der Waals surface area (Å²) in [5, 5.41) is 17.3. The summed E-state index contributed by atoms with van der Waals surface area (Å²) in [4.78, 5) is 12.5.